The van der Waals surface area contributed by atoms with Gasteiger partial charge in [-0.2, -0.15) is 0 Å². The van der Waals surface area contributed by atoms with Crippen molar-refractivity contribution in [1.29, 1.82) is 0 Å². The maximum Gasteiger partial charge on any atom is 0.126 e. The summed E-state index contributed by atoms with van der Waals surface area (Å²) in [4.78, 5) is 2.09. The highest BCUT2D eigenvalue weighted by Gasteiger charge is 2.12. The fourth-order valence-corrected chi connectivity index (χ4v) is 2.45. The zero-order chi connectivity index (χ0) is 14.4. The van der Waals surface area contributed by atoms with Gasteiger partial charge in [0.25, 0.3) is 0 Å². The van der Waals surface area contributed by atoms with Crippen LogP contribution in [-0.2, 0) is 6.54 Å². The van der Waals surface area contributed by atoms with Crippen molar-refractivity contribution >= 4 is 0 Å². The minimum atomic E-state index is -0.369. The third-order valence-corrected chi connectivity index (χ3v) is 3.16. The van der Waals surface area contributed by atoms with Crippen LogP contribution in [0.5, 0.6) is 5.75 Å². The largest absolute Gasteiger partial charge is 0.496 e. The average Bonchev–Trinajstić information content (AvgIpc) is 2.28. The van der Waals surface area contributed by atoms with E-state index in [0.29, 0.717) is 19.5 Å². The number of hydrogen-bond acceptors (Lipinski definition) is 4. The third kappa shape index (κ3) is 4.82. The Balaban J connectivity index is 2.75. The number of aliphatic hydroxyl groups is 1. The Morgan fingerprint density at radius 2 is 2.05 bits per heavy atom. The van der Waals surface area contributed by atoms with Crippen LogP contribution in [0, 0.1) is 13.8 Å². The van der Waals surface area contributed by atoms with Gasteiger partial charge in [-0.1, -0.05) is 17.7 Å². The molecule has 1 atom stereocenters. The van der Waals surface area contributed by atoms with Gasteiger partial charge in [0.2, 0.25) is 0 Å². The molecule has 0 aromatic heterocycles. The van der Waals surface area contributed by atoms with Gasteiger partial charge in [-0.15, -0.1) is 0 Å². The van der Waals surface area contributed by atoms with Crippen molar-refractivity contribution < 1.29 is 9.84 Å². The van der Waals surface area contributed by atoms with Gasteiger partial charge in [-0.05, 0) is 39.4 Å². The van der Waals surface area contributed by atoms with Gasteiger partial charge < -0.3 is 15.6 Å². The van der Waals surface area contributed by atoms with Crippen LogP contribution in [0.1, 0.15) is 23.1 Å². The molecule has 0 heterocycles. The summed E-state index contributed by atoms with van der Waals surface area (Å²) in [5, 5.41) is 9.78. The Labute approximate surface area is 116 Å². The molecule has 0 aliphatic carbocycles. The molecule has 4 heteroatoms. The molecule has 4 nitrogen and oxygen atoms in total. The zero-order valence-electron chi connectivity index (χ0n) is 12.4. The first kappa shape index (κ1) is 16.0. The summed E-state index contributed by atoms with van der Waals surface area (Å²) in [5.41, 5.74) is 8.97. The molecule has 0 aliphatic rings. The molecule has 1 unspecified atom stereocenters. The fraction of sp³-hybridized carbons (Fsp3) is 0.600. The fourth-order valence-electron chi connectivity index (χ4n) is 2.45. The average molecular weight is 266 g/mol. The summed E-state index contributed by atoms with van der Waals surface area (Å²) in [7, 11) is 3.70. The Hall–Kier alpha value is -1.10. The first-order valence-corrected chi connectivity index (χ1v) is 6.68. The molecule has 1 aromatic carbocycles. The van der Waals surface area contributed by atoms with Crippen molar-refractivity contribution in [3.63, 3.8) is 0 Å². The number of benzene rings is 1. The molecular formula is C15H26N2O2. The minimum absolute atomic E-state index is 0.369. The molecule has 0 bridgehead atoms. The lowest BCUT2D eigenvalue weighted by atomic mass is 10.0. The molecule has 19 heavy (non-hydrogen) atoms. The lowest BCUT2D eigenvalue weighted by Gasteiger charge is -2.22. The first-order valence-electron chi connectivity index (χ1n) is 6.68. The number of ether oxygens (including phenoxy) is 1. The number of aryl methyl sites for hydroxylation is 2. The summed E-state index contributed by atoms with van der Waals surface area (Å²) in [6.07, 6.45) is 0.265. The standard InChI is InChI=1S/C15H26N2O2/c1-11-7-12(2)15(19-4)13(8-11)9-17(3)10-14(18)5-6-16/h7-8,14,18H,5-6,9-10,16H2,1-4H3. The summed E-state index contributed by atoms with van der Waals surface area (Å²) < 4.78 is 5.48. The minimum Gasteiger partial charge on any atom is -0.496 e. The quantitative estimate of drug-likeness (QED) is 0.784. The van der Waals surface area contributed by atoms with E-state index in [4.69, 9.17) is 10.5 Å². The van der Waals surface area contributed by atoms with E-state index in [0.717, 1.165) is 23.4 Å². The van der Waals surface area contributed by atoms with Crippen LogP contribution in [0.2, 0.25) is 0 Å². The molecule has 1 aromatic rings. The maximum absolute atomic E-state index is 9.78. The van der Waals surface area contributed by atoms with Crippen LogP contribution < -0.4 is 10.5 Å². The van der Waals surface area contributed by atoms with E-state index in [1.165, 1.54) is 5.56 Å². The van der Waals surface area contributed by atoms with Gasteiger partial charge in [0.15, 0.2) is 0 Å². The number of rotatable bonds is 7. The molecule has 1 rings (SSSR count). The Kier molecular flexibility index (Phi) is 6.28. The second kappa shape index (κ2) is 7.48. The van der Waals surface area contributed by atoms with Crippen molar-refractivity contribution in [1.82, 2.24) is 4.90 Å². The molecule has 0 amide bonds. The molecular weight excluding hydrogens is 240 g/mol. The number of methoxy groups -OCH3 is 1. The summed E-state index contributed by atoms with van der Waals surface area (Å²) in [5.74, 6) is 0.936. The predicted molar refractivity (Wildman–Crippen MR) is 78.5 cm³/mol. The molecule has 0 fully saturated rings. The van der Waals surface area contributed by atoms with Crippen molar-refractivity contribution in [2.24, 2.45) is 5.73 Å². The molecule has 0 saturated carbocycles. The highest BCUT2D eigenvalue weighted by molar-refractivity contribution is 5.43. The summed E-state index contributed by atoms with van der Waals surface area (Å²) in [6.45, 7) is 6.03. The Morgan fingerprint density at radius 1 is 1.37 bits per heavy atom. The van der Waals surface area contributed by atoms with Crippen molar-refractivity contribution in [3.8, 4) is 5.75 Å². The SMILES string of the molecule is COc1c(C)cc(C)cc1CN(C)CC(O)CCN. The first-order chi connectivity index (χ1) is 8.97. The lowest BCUT2D eigenvalue weighted by Crippen LogP contribution is -2.30. The predicted octanol–water partition coefficient (Wildman–Crippen LogP) is 1.45. The molecule has 108 valence electrons. The van der Waals surface area contributed by atoms with Crippen LogP contribution >= 0.6 is 0 Å². The van der Waals surface area contributed by atoms with E-state index < -0.39 is 0 Å². The normalized spacial score (nSPS) is 12.8. The van der Waals surface area contributed by atoms with Crippen LogP contribution in [0.3, 0.4) is 0 Å². The Morgan fingerprint density at radius 3 is 2.63 bits per heavy atom. The van der Waals surface area contributed by atoms with Crippen LogP contribution in [0.15, 0.2) is 12.1 Å². The highest BCUT2D eigenvalue weighted by Crippen LogP contribution is 2.26. The van der Waals surface area contributed by atoms with E-state index in [1.54, 1.807) is 7.11 Å². The number of nitrogens with zero attached hydrogens (tertiary/aromatic N) is 1. The molecule has 0 spiro atoms. The highest BCUT2D eigenvalue weighted by atomic mass is 16.5. The lowest BCUT2D eigenvalue weighted by molar-refractivity contribution is 0.116. The van der Waals surface area contributed by atoms with Crippen LogP contribution in [0.25, 0.3) is 0 Å². The van der Waals surface area contributed by atoms with E-state index in [1.807, 2.05) is 7.05 Å². The van der Waals surface area contributed by atoms with E-state index in [2.05, 4.69) is 30.9 Å². The van der Waals surface area contributed by atoms with Gasteiger partial charge in [0, 0.05) is 18.7 Å². The second-order valence-electron chi connectivity index (χ2n) is 5.20. The smallest absolute Gasteiger partial charge is 0.126 e. The van der Waals surface area contributed by atoms with Gasteiger partial charge in [0.05, 0.1) is 13.2 Å². The maximum atomic E-state index is 9.78. The van der Waals surface area contributed by atoms with Gasteiger partial charge >= 0.3 is 0 Å². The molecule has 0 aliphatic heterocycles. The number of nitrogens with two attached hydrogens (primary N) is 1. The molecule has 0 radical (unpaired) electrons. The summed E-state index contributed by atoms with van der Waals surface area (Å²) in [6, 6.07) is 4.25. The van der Waals surface area contributed by atoms with E-state index in [-0.39, 0.29) is 6.10 Å². The molecule has 3 N–H and O–H groups in total. The van der Waals surface area contributed by atoms with Gasteiger partial charge in [0.1, 0.15) is 5.75 Å². The van der Waals surface area contributed by atoms with Gasteiger partial charge in [-0.3, -0.25) is 4.90 Å². The number of aliphatic hydroxyl groups excluding tert-OH is 1. The second-order valence-corrected chi connectivity index (χ2v) is 5.20. The van der Waals surface area contributed by atoms with Crippen molar-refractivity contribution in [2.45, 2.75) is 32.9 Å². The number of likely N-dealkylation sites (N-methyl/N-ethyl adjacent to an activating group) is 1. The van der Waals surface area contributed by atoms with Crippen LogP contribution in [0.4, 0.5) is 0 Å². The monoisotopic (exact) mass is 266 g/mol. The number of hydrogen-bond donors (Lipinski definition) is 2. The van der Waals surface area contributed by atoms with E-state index in [9.17, 15) is 5.11 Å². The third-order valence-electron chi connectivity index (χ3n) is 3.16. The summed E-state index contributed by atoms with van der Waals surface area (Å²) >= 11 is 0. The Bertz CT molecular complexity index is 407. The van der Waals surface area contributed by atoms with E-state index >= 15 is 0 Å². The van der Waals surface area contributed by atoms with Crippen molar-refractivity contribution in [3.05, 3.63) is 28.8 Å². The zero-order valence-corrected chi connectivity index (χ0v) is 12.4. The van der Waals surface area contributed by atoms with Crippen molar-refractivity contribution in [2.75, 3.05) is 27.2 Å². The van der Waals surface area contributed by atoms with Crippen LogP contribution in [-0.4, -0.2) is 43.4 Å². The molecule has 0 saturated heterocycles. The van der Waals surface area contributed by atoms with Gasteiger partial charge in [-0.25, -0.2) is 0 Å². The topological polar surface area (TPSA) is 58.7 Å².